The van der Waals surface area contributed by atoms with Crippen molar-refractivity contribution in [1.29, 1.82) is 0 Å². The molecule has 0 fully saturated rings. The van der Waals surface area contributed by atoms with E-state index in [1.54, 1.807) is 6.07 Å². The lowest BCUT2D eigenvalue weighted by Gasteiger charge is -2.24. The highest BCUT2D eigenvalue weighted by Gasteiger charge is 2.29. The maximum atomic E-state index is 11.2. The van der Waals surface area contributed by atoms with Crippen molar-refractivity contribution < 1.29 is 4.65 Å². The van der Waals surface area contributed by atoms with Crippen LogP contribution in [0.4, 0.5) is 5.69 Å². The minimum atomic E-state index is -0.212. The molecular weight excluding hydrogens is 357 g/mol. The number of nitrogens with zero attached hydrogens (tertiary/aromatic N) is 1. The second-order valence-electron chi connectivity index (χ2n) is 8.04. The first-order valence-electron chi connectivity index (χ1n) is 10.00. The van der Waals surface area contributed by atoms with E-state index in [1.165, 1.54) is 44.3 Å². The van der Waals surface area contributed by atoms with Crippen molar-refractivity contribution in [1.82, 2.24) is 0 Å². The van der Waals surface area contributed by atoms with Crippen LogP contribution in [0.15, 0.2) is 53.7 Å². The van der Waals surface area contributed by atoms with E-state index in [9.17, 15) is 4.91 Å². The Morgan fingerprint density at radius 3 is 1.66 bits per heavy atom. The van der Waals surface area contributed by atoms with E-state index in [-0.39, 0.29) is 6.92 Å². The number of hydrogen-bond acceptors (Lipinski definition) is 3. The van der Waals surface area contributed by atoms with E-state index in [4.69, 9.17) is 4.65 Å². The highest BCUT2D eigenvalue weighted by molar-refractivity contribution is 6.81. The van der Waals surface area contributed by atoms with Gasteiger partial charge in [-0.3, -0.25) is 0 Å². The zero-order valence-electron chi connectivity index (χ0n) is 18.2. The van der Waals surface area contributed by atoms with Crippen LogP contribution in [-0.2, 0) is 11.3 Å². The summed E-state index contributed by atoms with van der Waals surface area (Å²) in [5.41, 5.74) is 11.0. The predicted octanol–water partition coefficient (Wildman–Crippen LogP) is 5.26. The molecule has 29 heavy (non-hydrogen) atoms. The van der Waals surface area contributed by atoms with Crippen molar-refractivity contribution in [2.24, 2.45) is 5.18 Å². The molecule has 3 nitrogen and oxygen atoms in total. The molecular formula is C25H28BNO2. The SMILES string of the molecule is Cc1cc(C)c(B(OCc2ccccc2N=O)c2c(C)cc(C)cc2C)c(C)c1. The Morgan fingerprint density at radius 1 is 0.759 bits per heavy atom. The lowest BCUT2D eigenvalue weighted by atomic mass is 9.50. The van der Waals surface area contributed by atoms with Gasteiger partial charge in [-0.2, -0.15) is 0 Å². The third-order valence-electron chi connectivity index (χ3n) is 5.50. The second kappa shape index (κ2) is 8.75. The van der Waals surface area contributed by atoms with E-state index in [1.807, 2.05) is 18.2 Å². The lowest BCUT2D eigenvalue weighted by Crippen LogP contribution is -2.49. The highest BCUT2D eigenvalue weighted by atomic mass is 16.4. The molecule has 0 aliphatic rings. The third-order valence-corrected chi connectivity index (χ3v) is 5.50. The van der Waals surface area contributed by atoms with Crippen LogP contribution in [0.25, 0.3) is 0 Å². The van der Waals surface area contributed by atoms with E-state index in [2.05, 4.69) is 71.0 Å². The standard InChI is InChI=1S/C25H28BNO2/c1-16-11-18(3)24(19(4)12-16)26(25-20(5)13-17(2)14-21(25)6)29-15-22-9-7-8-10-23(22)27-28/h7-14H,15H2,1-6H3. The molecule has 3 aromatic rings. The first-order valence-corrected chi connectivity index (χ1v) is 10.00. The molecule has 3 aromatic carbocycles. The molecule has 0 aromatic heterocycles. The number of aryl methyl sites for hydroxylation is 6. The predicted molar refractivity (Wildman–Crippen MR) is 123 cm³/mol. The van der Waals surface area contributed by atoms with E-state index < -0.39 is 0 Å². The van der Waals surface area contributed by atoms with Crippen LogP contribution in [0.5, 0.6) is 0 Å². The summed E-state index contributed by atoms with van der Waals surface area (Å²) in [6, 6.07) is 16.2. The molecule has 148 valence electrons. The fourth-order valence-electron chi connectivity index (χ4n) is 4.42. The third kappa shape index (κ3) is 4.49. The quantitative estimate of drug-likeness (QED) is 0.429. The summed E-state index contributed by atoms with van der Waals surface area (Å²) in [6.45, 7) is 12.9. The van der Waals surface area contributed by atoms with Crippen LogP contribution in [0.3, 0.4) is 0 Å². The second-order valence-corrected chi connectivity index (χ2v) is 8.04. The maximum Gasteiger partial charge on any atom is 0.362 e. The molecule has 0 spiro atoms. The van der Waals surface area contributed by atoms with Crippen LogP contribution in [0, 0.1) is 46.4 Å². The van der Waals surface area contributed by atoms with E-state index >= 15 is 0 Å². The molecule has 0 bridgehead atoms. The Balaban J connectivity index is 2.12. The van der Waals surface area contributed by atoms with Crippen molar-refractivity contribution in [3.8, 4) is 0 Å². The van der Waals surface area contributed by atoms with Crippen LogP contribution >= 0.6 is 0 Å². The molecule has 0 aliphatic carbocycles. The molecule has 4 heteroatoms. The Morgan fingerprint density at radius 2 is 1.21 bits per heavy atom. The molecule has 0 saturated carbocycles. The highest BCUT2D eigenvalue weighted by Crippen LogP contribution is 2.20. The summed E-state index contributed by atoms with van der Waals surface area (Å²) in [6.07, 6.45) is 0. The Labute approximate surface area is 174 Å². The van der Waals surface area contributed by atoms with Crippen molar-refractivity contribution in [3.63, 3.8) is 0 Å². The fraction of sp³-hybridized carbons (Fsp3) is 0.280. The molecule has 0 radical (unpaired) electrons. The van der Waals surface area contributed by atoms with Crippen molar-refractivity contribution in [3.05, 3.63) is 92.4 Å². The van der Waals surface area contributed by atoms with Gasteiger partial charge in [-0.1, -0.05) is 75.8 Å². The smallest absolute Gasteiger partial charge is 0.362 e. The van der Waals surface area contributed by atoms with Crippen molar-refractivity contribution in [2.45, 2.75) is 48.1 Å². The zero-order chi connectivity index (χ0) is 21.1. The van der Waals surface area contributed by atoms with Gasteiger partial charge in [0, 0.05) is 5.56 Å². The van der Waals surface area contributed by atoms with Gasteiger partial charge >= 0.3 is 6.92 Å². The maximum absolute atomic E-state index is 11.2. The Hall–Kier alpha value is -2.72. The minimum absolute atomic E-state index is 0.212. The molecule has 0 unspecified atom stereocenters. The summed E-state index contributed by atoms with van der Waals surface area (Å²) in [4.78, 5) is 11.2. The minimum Gasteiger partial charge on any atom is -0.423 e. The number of nitroso groups, excluding NO2 is 1. The lowest BCUT2D eigenvalue weighted by molar-refractivity contribution is 0.322. The monoisotopic (exact) mass is 385 g/mol. The van der Waals surface area contributed by atoms with Gasteiger partial charge in [-0.05, 0) is 63.7 Å². The van der Waals surface area contributed by atoms with Gasteiger partial charge in [0.2, 0.25) is 0 Å². The zero-order valence-corrected chi connectivity index (χ0v) is 18.2. The molecule has 0 N–H and O–H groups in total. The first-order chi connectivity index (χ1) is 13.8. The van der Waals surface area contributed by atoms with Gasteiger partial charge in [0.1, 0.15) is 5.69 Å². The molecule has 0 amide bonds. The Bertz CT molecular complexity index is 955. The van der Waals surface area contributed by atoms with Gasteiger partial charge in [0.25, 0.3) is 0 Å². The van der Waals surface area contributed by atoms with Gasteiger partial charge in [-0.15, -0.1) is 4.91 Å². The van der Waals surface area contributed by atoms with Gasteiger partial charge in [0.05, 0.1) is 6.61 Å². The Kier molecular flexibility index (Phi) is 6.34. The van der Waals surface area contributed by atoms with Crippen LogP contribution < -0.4 is 10.9 Å². The number of benzene rings is 3. The van der Waals surface area contributed by atoms with Crippen molar-refractivity contribution >= 4 is 23.5 Å². The van der Waals surface area contributed by atoms with Gasteiger partial charge in [-0.25, -0.2) is 0 Å². The number of rotatable bonds is 6. The fourth-order valence-corrected chi connectivity index (χ4v) is 4.42. The van der Waals surface area contributed by atoms with E-state index in [0.29, 0.717) is 12.3 Å². The number of hydrogen-bond donors (Lipinski definition) is 0. The van der Waals surface area contributed by atoms with Crippen molar-refractivity contribution in [2.75, 3.05) is 0 Å². The normalized spacial score (nSPS) is 10.8. The molecule has 0 heterocycles. The van der Waals surface area contributed by atoms with Crippen LogP contribution in [0.1, 0.15) is 38.9 Å². The molecule has 0 atom stereocenters. The van der Waals surface area contributed by atoms with E-state index in [0.717, 1.165) is 5.56 Å². The largest absolute Gasteiger partial charge is 0.423 e. The first kappa shape index (κ1) is 21.0. The summed E-state index contributed by atoms with van der Waals surface area (Å²) >= 11 is 0. The summed E-state index contributed by atoms with van der Waals surface area (Å²) < 4.78 is 6.55. The molecule has 3 rings (SSSR count). The topological polar surface area (TPSA) is 38.7 Å². The summed E-state index contributed by atoms with van der Waals surface area (Å²) in [5.74, 6) is 0. The van der Waals surface area contributed by atoms with Gasteiger partial charge < -0.3 is 4.65 Å². The van der Waals surface area contributed by atoms with Crippen LogP contribution in [-0.4, -0.2) is 6.92 Å². The molecule has 0 aliphatic heterocycles. The molecule has 0 saturated heterocycles. The summed E-state index contributed by atoms with van der Waals surface area (Å²) in [5, 5.41) is 3.16. The average Bonchev–Trinajstić information content (AvgIpc) is 2.64. The van der Waals surface area contributed by atoms with Crippen LogP contribution in [0.2, 0.25) is 0 Å². The average molecular weight is 385 g/mol. The summed E-state index contributed by atoms with van der Waals surface area (Å²) in [7, 11) is 0. The van der Waals surface area contributed by atoms with Gasteiger partial charge in [0.15, 0.2) is 0 Å².